The second kappa shape index (κ2) is 7.79. The first-order chi connectivity index (χ1) is 7.44. The Morgan fingerprint density at radius 2 is 2.06 bits per heavy atom. The summed E-state index contributed by atoms with van der Waals surface area (Å²) in [7, 11) is 2.13. The molecule has 0 atom stereocenters. The molecule has 0 aliphatic carbocycles. The number of oxime groups is 1. The lowest BCUT2D eigenvalue weighted by atomic mass is 9.86. The molecule has 0 aliphatic heterocycles. The third-order valence-corrected chi connectivity index (χ3v) is 3.41. The number of rotatable bonds is 8. The zero-order chi connectivity index (χ0) is 12.6. The maximum absolute atomic E-state index is 8.64. The molecule has 0 saturated heterocycles. The van der Waals surface area contributed by atoms with E-state index < -0.39 is 0 Å². The molecule has 16 heavy (non-hydrogen) atoms. The summed E-state index contributed by atoms with van der Waals surface area (Å²) in [5.74, 6) is 1.49. The van der Waals surface area contributed by atoms with Gasteiger partial charge in [0.2, 0.25) is 0 Å². The summed E-state index contributed by atoms with van der Waals surface area (Å²) in [6, 6.07) is 0. The van der Waals surface area contributed by atoms with Gasteiger partial charge in [0.1, 0.15) is 5.84 Å². The van der Waals surface area contributed by atoms with E-state index in [0.717, 1.165) is 25.9 Å². The normalized spacial score (nSPS) is 13.4. The molecular weight excluding hydrogens is 222 g/mol. The number of nitrogens with zero attached hydrogens (tertiary/aromatic N) is 2. The lowest BCUT2D eigenvalue weighted by Crippen LogP contribution is -2.33. The van der Waals surface area contributed by atoms with Crippen LogP contribution in [0.15, 0.2) is 5.16 Å². The van der Waals surface area contributed by atoms with Crippen LogP contribution in [-0.2, 0) is 0 Å². The first kappa shape index (κ1) is 15.6. The molecule has 0 radical (unpaired) electrons. The van der Waals surface area contributed by atoms with Gasteiger partial charge in [-0.25, -0.2) is 0 Å². The Hall–Kier alpha value is -0.420. The lowest BCUT2D eigenvalue weighted by molar-refractivity contribution is 0.295. The highest BCUT2D eigenvalue weighted by atomic mass is 32.2. The highest BCUT2D eigenvalue weighted by Crippen LogP contribution is 2.22. The molecule has 5 heteroatoms. The Balaban J connectivity index is 3.80. The van der Waals surface area contributed by atoms with E-state index in [-0.39, 0.29) is 5.41 Å². The van der Waals surface area contributed by atoms with E-state index in [1.54, 1.807) is 0 Å². The van der Waals surface area contributed by atoms with Crippen LogP contribution in [0.1, 0.15) is 26.7 Å². The van der Waals surface area contributed by atoms with Crippen molar-refractivity contribution in [2.45, 2.75) is 26.7 Å². The number of hydrogen-bond donors (Lipinski definition) is 2. The van der Waals surface area contributed by atoms with Gasteiger partial charge < -0.3 is 15.8 Å². The SMILES string of the molecule is CSCCN(C)CCCC(C)(C)C(N)=NO. The number of amidine groups is 1. The van der Waals surface area contributed by atoms with Crippen LogP contribution in [0.3, 0.4) is 0 Å². The molecular formula is C11H25N3OS. The fourth-order valence-electron chi connectivity index (χ4n) is 1.41. The lowest BCUT2D eigenvalue weighted by Gasteiger charge is -2.24. The smallest absolute Gasteiger partial charge is 0.144 e. The molecule has 0 spiro atoms. The van der Waals surface area contributed by atoms with Crippen molar-refractivity contribution >= 4 is 17.6 Å². The molecule has 0 rings (SSSR count). The fraction of sp³-hybridized carbons (Fsp3) is 0.909. The largest absolute Gasteiger partial charge is 0.409 e. The summed E-state index contributed by atoms with van der Waals surface area (Å²) in [6.07, 6.45) is 4.12. The van der Waals surface area contributed by atoms with Gasteiger partial charge >= 0.3 is 0 Å². The first-order valence-electron chi connectivity index (χ1n) is 5.59. The van der Waals surface area contributed by atoms with Crippen LogP contribution in [0.5, 0.6) is 0 Å². The Kier molecular flexibility index (Phi) is 7.58. The minimum Gasteiger partial charge on any atom is -0.409 e. The van der Waals surface area contributed by atoms with E-state index in [9.17, 15) is 0 Å². The second-order valence-electron chi connectivity index (χ2n) is 4.77. The minimum atomic E-state index is -0.213. The van der Waals surface area contributed by atoms with Crippen molar-refractivity contribution in [3.63, 3.8) is 0 Å². The van der Waals surface area contributed by atoms with Crippen molar-refractivity contribution < 1.29 is 5.21 Å². The molecule has 3 N–H and O–H groups in total. The minimum absolute atomic E-state index is 0.213. The third-order valence-electron chi connectivity index (χ3n) is 2.82. The van der Waals surface area contributed by atoms with Crippen molar-refractivity contribution in [2.24, 2.45) is 16.3 Å². The van der Waals surface area contributed by atoms with E-state index in [4.69, 9.17) is 10.9 Å². The molecule has 96 valence electrons. The zero-order valence-corrected chi connectivity index (χ0v) is 11.7. The molecule has 0 amide bonds. The highest BCUT2D eigenvalue weighted by molar-refractivity contribution is 7.98. The summed E-state index contributed by atoms with van der Waals surface area (Å²) < 4.78 is 0. The molecule has 0 fully saturated rings. The standard InChI is InChI=1S/C11H25N3OS/c1-11(2,10(12)13-15)6-5-7-14(3)8-9-16-4/h15H,5-9H2,1-4H3,(H2,12,13). The van der Waals surface area contributed by atoms with Gasteiger partial charge in [-0.1, -0.05) is 19.0 Å². The van der Waals surface area contributed by atoms with Crippen LogP contribution in [0.4, 0.5) is 0 Å². The van der Waals surface area contributed by atoms with Crippen molar-refractivity contribution in [2.75, 3.05) is 32.1 Å². The quantitative estimate of drug-likeness (QED) is 0.297. The van der Waals surface area contributed by atoms with Crippen LogP contribution in [0, 0.1) is 5.41 Å². The van der Waals surface area contributed by atoms with Gasteiger partial charge in [-0.15, -0.1) is 0 Å². The summed E-state index contributed by atoms with van der Waals surface area (Å²) in [4.78, 5) is 2.32. The maximum Gasteiger partial charge on any atom is 0.144 e. The average Bonchev–Trinajstić information content (AvgIpc) is 2.24. The molecule has 0 aromatic carbocycles. The third kappa shape index (κ3) is 6.23. The van der Waals surface area contributed by atoms with Crippen LogP contribution < -0.4 is 5.73 Å². The van der Waals surface area contributed by atoms with Crippen LogP contribution in [-0.4, -0.2) is 48.1 Å². The van der Waals surface area contributed by atoms with Crippen LogP contribution >= 0.6 is 11.8 Å². The summed E-state index contributed by atoms with van der Waals surface area (Å²) in [5.41, 5.74) is 5.42. The van der Waals surface area contributed by atoms with Gasteiger partial charge in [-0.3, -0.25) is 0 Å². The molecule has 0 aromatic heterocycles. The summed E-state index contributed by atoms with van der Waals surface area (Å²) in [5, 5.41) is 11.7. The maximum atomic E-state index is 8.64. The average molecular weight is 247 g/mol. The zero-order valence-electron chi connectivity index (χ0n) is 10.9. The van der Waals surface area contributed by atoms with Crippen LogP contribution in [0.2, 0.25) is 0 Å². The molecule has 0 heterocycles. The van der Waals surface area contributed by atoms with Gasteiger partial charge in [0.05, 0.1) is 0 Å². The topological polar surface area (TPSA) is 61.8 Å². The van der Waals surface area contributed by atoms with Crippen molar-refractivity contribution in [1.29, 1.82) is 0 Å². The molecule has 0 aliphatic rings. The van der Waals surface area contributed by atoms with Gasteiger partial charge in [0.25, 0.3) is 0 Å². The van der Waals surface area contributed by atoms with Crippen molar-refractivity contribution in [1.82, 2.24) is 4.90 Å². The number of nitrogens with two attached hydrogens (primary N) is 1. The molecule has 0 unspecified atom stereocenters. The Morgan fingerprint density at radius 3 is 2.56 bits per heavy atom. The molecule has 0 saturated carbocycles. The monoisotopic (exact) mass is 247 g/mol. The fourth-order valence-corrected chi connectivity index (χ4v) is 1.91. The predicted molar refractivity (Wildman–Crippen MR) is 72.3 cm³/mol. The van der Waals surface area contributed by atoms with Gasteiger partial charge in [-0.2, -0.15) is 11.8 Å². The molecule has 0 bridgehead atoms. The van der Waals surface area contributed by atoms with E-state index in [2.05, 4.69) is 23.4 Å². The van der Waals surface area contributed by atoms with Crippen molar-refractivity contribution in [3.8, 4) is 0 Å². The van der Waals surface area contributed by atoms with Crippen molar-refractivity contribution in [3.05, 3.63) is 0 Å². The Labute approximate surface area is 103 Å². The predicted octanol–water partition coefficient (Wildman–Crippen LogP) is 1.83. The van der Waals surface area contributed by atoms with E-state index >= 15 is 0 Å². The number of thioether (sulfide) groups is 1. The van der Waals surface area contributed by atoms with Gasteiger partial charge in [0, 0.05) is 17.7 Å². The highest BCUT2D eigenvalue weighted by Gasteiger charge is 2.22. The van der Waals surface area contributed by atoms with E-state index in [0.29, 0.717) is 5.84 Å². The summed E-state index contributed by atoms with van der Waals surface area (Å²) >= 11 is 1.86. The van der Waals surface area contributed by atoms with E-state index in [1.807, 2.05) is 25.6 Å². The van der Waals surface area contributed by atoms with E-state index in [1.165, 1.54) is 5.75 Å². The van der Waals surface area contributed by atoms with Crippen LogP contribution in [0.25, 0.3) is 0 Å². The molecule has 0 aromatic rings. The first-order valence-corrected chi connectivity index (χ1v) is 6.99. The Bertz CT molecular complexity index is 219. The summed E-state index contributed by atoms with van der Waals surface area (Å²) in [6.45, 7) is 6.18. The number of hydrogen-bond acceptors (Lipinski definition) is 4. The van der Waals surface area contributed by atoms with Gasteiger partial charge in [0.15, 0.2) is 0 Å². The van der Waals surface area contributed by atoms with Gasteiger partial charge in [-0.05, 0) is 32.7 Å². The Morgan fingerprint density at radius 1 is 1.44 bits per heavy atom. The molecule has 4 nitrogen and oxygen atoms in total. The second-order valence-corrected chi connectivity index (χ2v) is 5.75.